The van der Waals surface area contributed by atoms with E-state index in [1.165, 1.54) is 12.0 Å². The number of methoxy groups -OCH3 is 2. The van der Waals surface area contributed by atoms with E-state index in [0.717, 1.165) is 16.9 Å². The number of hydrogen-bond donors (Lipinski definition) is 0. The summed E-state index contributed by atoms with van der Waals surface area (Å²) in [5, 5.41) is 0. The summed E-state index contributed by atoms with van der Waals surface area (Å²) in [5.74, 6) is 0.226. The van der Waals surface area contributed by atoms with Crippen LogP contribution in [0, 0.1) is 6.92 Å². The van der Waals surface area contributed by atoms with Crippen LogP contribution in [0.5, 0.6) is 5.75 Å². The number of rotatable bonds is 6. The van der Waals surface area contributed by atoms with Crippen molar-refractivity contribution in [1.82, 2.24) is 4.90 Å². The molecule has 1 aromatic rings. The van der Waals surface area contributed by atoms with Gasteiger partial charge in [-0.05, 0) is 38.0 Å². The first-order valence-corrected chi connectivity index (χ1v) is 6.88. The minimum Gasteiger partial charge on any atom is -0.496 e. The van der Waals surface area contributed by atoms with Gasteiger partial charge >= 0.3 is 5.97 Å². The van der Waals surface area contributed by atoms with Crippen LogP contribution in [0.3, 0.4) is 0 Å². The monoisotopic (exact) mass is 293 g/mol. The Morgan fingerprint density at radius 2 is 1.90 bits per heavy atom. The first kappa shape index (κ1) is 17.0. The SMILES string of the molecule is COC(=O)CN(C(=O)Cc1ccc(C)c(OC)c1)C(C)C. The fraction of sp³-hybridized carbons (Fsp3) is 0.500. The molecule has 0 N–H and O–H groups in total. The molecule has 0 saturated heterocycles. The van der Waals surface area contributed by atoms with Gasteiger partial charge in [0.2, 0.25) is 5.91 Å². The van der Waals surface area contributed by atoms with Crippen LogP contribution in [0.25, 0.3) is 0 Å². The highest BCUT2D eigenvalue weighted by atomic mass is 16.5. The topological polar surface area (TPSA) is 55.8 Å². The number of amides is 1. The predicted octanol–water partition coefficient (Wildman–Crippen LogP) is 1.96. The van der Waals surface area contributed by atoms with E-state index in [2.05, 4.69) is 4.74 Å². The number of ether oxygens (including phenoxy) is 2. The average molecular weight is 293 g/mol. The van der Waals surface area contributed by atoms with Gasteiger partial charge < -0.3 is 14.4 Å². The number of hydrogen-bond acceptors (Lipinski definition) is 4. The number of aryl methyl sites for hydroxylation is 1. The lowest BCUT2D eigenvalue weighted by molar-refractivity contribution is -0.148. The first-order valence-electron chi connectivity index (χ1n) is 6.88. The number of nitrogens with zero attached hydrogens (tertiary/aromatic N) is 1. The second-order valence-corrected chi connectivity index (χ2v) is 5.17. The van der Waals surface area contributed by atoms with Crippen molar-refractivity contribution in [3.05, 3.63) is 29.3 Å². The molecule has 0 aliphatic rings. The number of carbonyl (C=O) groups is 2. The Balaban J connectivity index is 2.84. The Hall–Kier alpha value is -2.04. The van der Waals surface area contributed by atoms with Gasteiger partial charge in [0.15, 0.2) is 0 Å². The normalized spacial score (nSPS) is 10.4. The van der Waals surface area contributed by atoms with Crippen LogP contribution in [0.2, 0.25) is 0 Å². The summed E-state index contributed by atoms with van der Waals surface area (Å²) >= 11 is 0. The molecular formula is C16H23NO4. The predicted molar refractivity (Wildman–Crippen MR) is 80.3 cm³/mol. The van der Waals surface area contributed by atoms with Crippen LogP contribution >= 0.6 is 0 Å². The molecule has 1 rings (SSSR count). The highest BCUT2D eigenvalue weighted by Gasteiger charge is 2.20. The lowest BCUT2D eigenvalue weighted by Gasteiger charge is -2.25. The molecule has 0 atom stereocenters. The van der Waals surface area contributed by atoms with Crippen LogP contribution in [-0.4, -0.2) is 43.6 Å². The quantitative estimate of drug-likeness (QED) is 0.752. The molecule has 0 aromatic heterocycles. The molecule has 116 valence electrons. The number of benzene rings is 1. The van der Waals surface area contributed by atoms with Crippen LogP contribution in [-0.2, 0) is 20.7 Å². The van der Waals surface area contributed by atoms with E-state index < -0.39 is 5.97 Å². The van der Waals surface area contributed by atoms with Crippen LogP contribution in [0.1, 0.15) is 25.0 Å². The van der Waals surface area contributed by atoms with Gasteiger partial charge in [-0.15, -0.1) is 0 Å². The van der Waals surface area contributed by atoms with Gasteiger partial charge in [0.1, 0.15) is 12.3 Å². The van der Waals surface area contributed by atoms with E-state index >= 15 is 0 Å². The Morgan fingerprint density at radius 1 is 1.24 bits per heavy atom. The molecule has 21 heavy (non-hydrogen) atoms. The highest BCUT2D eigenvalue weighted by molar-refractivity contribution is 5.83. The third-order valence-electron chi connectivity index (χ3n) is 3.30. The number of esters is 1. The minimum absolute atomic E-state index is 0.0317. The van der Waals surface area contributed by atoms with E-state index in [-0.39, 0.29) is 24.9 Å². The molecule has 0 fully saturated rings. The zero-order chi connectivity index (χ0) is 16.0. The van der Waals surface area contributed by atoms with Crippen molar-refractivity contribution >= 4 is 11.9 Å². The Morgan fingerprint density at radius 3 is 2.43 bits per heavy atom. The van der Waals surface area contributed by atoms with Gasteiger partial charge in [0.25, 0.3) is 0 Å². The van der Waals surface area contributed by atoms with Gasteiger partial charge in [-0.2, -0.15) is 0 Å². The molecule has 0 unspecified atom stereocenters. The lowest BCUT2D eigenvalue weighted by Crippen LogP contribution is -2.41. The summed E-state index contributed by atoms with van der Waals surface area (Å²) in [5.41, 5.74) is 1.88. The lowest BCUT2D eigenvalue weighted by atomic mass is 10.1. The minimum atomic E-state index is -0.418. The smallest absolute Gasteiger partial charge is 0.325 e. The van der Waals surface area contributed by atoms with E-state index in [9.17, 15) is 9.59 Å². The summed E-state index contributed by atoms with van der Waals surface area (Å²) in [6.45, 7) is 5.66. The van der Waals surface area contributed by atoms with Crippen LogP contribution < -0.4 is 4.74 Å². The number of carbonyl (C=O) groups excluding carboxylic acids is 2. The molecule has 0 radical (unpaired) electrons. The molecule has 0 saturated carbocycles. The van der Waals surface area contributed by atoms with Gasteiger partial charge in [0, 0.05) is 6.04 Å². The zero-order valence-corrected chi connectivity index (χ0v) is 13.3. The fourth-order valence-corrected chi connectivity index (χ4v) is 2.01. The van der Waals surface area contributed by atoms with Crippen LogP contribution in [0.15, 0.2) is 18.2 Å². The molecule has 0 aliphatic heterocycles. The molecule has 5 heteroatoms. The maximum absolute atomic E-state index is 12.4. The second-order valence-electron chi connectivity index (χ2n) is 5.17. The third-order valence-corrected chi connectivity index (χ3v) is 3.30. The van der Waals surface area contributed by atoms with Crippen molar-refractivity contribution in [2.45, 2.75) is 33.2 Å². The largest absolute Gasteiger partial charge is 0.496 e. The summed E-state index contributed by atoms with van der Waals surface area (Å²) in [4.78, 5) is 25.3. The van der Waals surface area contributed by atoms with Gasteiger partial charge in [-0.1, -0.05) is 12.1 Å². The average Bonchev–Trinajstić information content (AvgIpc) is 2.45. The van der Waals surface area contributed by atoms with Crippen molar-refractivity contribution in [2.24, 2.45) is 0 Å². The van der Waals surface area contributed by atoms with Crippen molar-refractivity contribution in [1.29, 1.82) is 0 Å². The Bertz CT molecular complexity index is 511. The molecule has 1 amide bonds. The molecule has 1 aromatic carbocycles. The van der Waals surface area contributed by atoms with E-state index in [1.54, 1.807) is 7.11 Å². The van der Waals surface area contributed by atoms with Gasteiger partial charge in [0.05, 0.1) is 20.6 Å². The summed E-state index contributed by atoms with van der Waals surface area (Å²) in [6.07, 6.45) is 0.228. The first-order chi connectivity index (χ1) is 9.88. The van der Waals surface area contributed by atoms with E-state index in [1.807, 2.05) is 39.0 Å². The molecule has 0 bridgehead atoms. The van der Waals surface area contributed by atoms with E-state index in [4.69, 9.17) is 4.74 Å². The molecular weight excluding hydrogens is 270 g/mol. The molecule has 0 heterocycles. The van der Waals surface area contributed by atoms with Gasteiger partial charge in [-0.25, -0.2) is 0 Å². The Labute approximate surface area is 125 Å². The van der Waals surface area contributed by atoms with Crippen molar-refractivity contribution in [2.75, 3.05) is 20.8 Å². The molecule has 5 nitrogen and oxygen atoms in total. The summed E-state index contributed by atoms with van der Waals surface area (Å²) < 4.78 is 9.89. The fourth-order valence-electron chi connectivity index (χ4n) is 2.01. The summed E-state index contributed by atoms with van der Waals surface area (Å²) in [7, 11) is 2.92. The third kappa shape index (κ3) is 4.77. The Kier molecular flexibility index (Phi) is 6.21. The van der Waals surface area contributed by atoms with Crippen LogP contribution in [0.4, 0.5) is 0 Å². The molecule has 0 aliphatic carbocycles. The maximum atomic E-state index is 12.4. The van der Waals surface area contributed by atoms with Crippen molar-refractivity contribution < 1.29 is 19.1 Å². The second kappa shape index (κ2) is 7.67. The van der Waals surface area contributed by atoms with E-state index in [0.29, 0.717) is 0 Å². The zero-order valence-electron chi connectivity index (χ0n) is 13.3. The van der Waals surface area contributed by atoms with Crippen molar-refractivity contribution in [3.8, 4) is 5.75 Å². The maximum Gasteiger partial charge on any atom is 0.325 e. The summed E-state index contributed by atoms with van der Waals surface area (Å²) in [6, 6.07) is 5.60. The standard InChI is InChI=1S/C16H23NO4/c1-11(2)17(10-16(19)21-5)15(18)9-13-7-6-12(3)14(8-13)20-4/h6-8,11H,9-10H2,1-5H3. The van der Waals surface area contributed by atoms with Crippen molar-refractivity contribution in [3.63, 3.8) is 0 Å². The highest BCUT2D eigenvalue weighted by Crippen LogP contribution is 2.19. The van der Waals surface area contributed by atoms with Gasteiger partial charge in [-0.3, -0.25) is 9.59 Å². The molecule has 0 spiro atoms.